The molecule has 6 nitrogen and oxygen atoms in total. The molecule has 0 amide bonds. The van der Waals surface area contributed by atoms with Crippen LogP contribution in [0.15, 0.2) is 67.0 Å². The molecule has 0 aliphatic carbocycles. The fourth-order valence-electron chi connectivity index (χ4n) is 2.76. The summed E-state index contributed by atoms with van der Waals surface area (Å²) in [5, 5.41) is 3.20. The molecule has 3 aromatic rings. The van der Waals surface area contributed by atoms with Crippen LogP contribution in [0.25, 0.3) is 0 Å². The maximum absolute atomic E-state index is 12.2. The van der Waals surface area contributed by atoms with Gasteiger partial charge in [0, 0.05) is 18.3 Å². The van der Waals surface area contributed by atoms with E-state index >= 15 is 0 Å². The molecule has 1 N–H and O–H groups in total. The van der Waals surface area contributed by atoms with Crippen molar-refractivity contribution in [3.63, 3.8) is 0 Å². The molecule has 1 aromatic heterocycles. The number of hydrogen-bond acceptors (Lipinski definition) is 6. The number of carbonyl (C=O) groups is 1. The first kappa shape index (κ1) is 18.4. The minimum absolute atomic E-state index is 0.327. The molecule has 0 aliphatic heterocycles. The van der Waals surface area contributed by atoms with Gasteiger partial charge < -0.3 is 15.0 Å². The second kappa shape index (κ2) is 8.80. The van der Waals surface area contributed by atoms with Gasteiger partial charge in [-0.15, -0.1) is 0 Å². The van der Waals surface area contributed by atoms with Crippen LogP contribution in [-0.2, 0) is 4.74 Å². The van der Waals surface area contributed by atoms with E-state index in [1.165, 1.54) is 6.33 Å². The highest BCUT2D eigenvalue weighted by atomic mass is 16.5. The molecule has 27 heavy (non-hydrogen) atoms. The Morgan fingerprint density at radius 1 is 1.04 bits per heavy atom. The first-order chi connectivity index (χ1) is 13.2. The number of para-hydroxylation sites is 2. The van der Waals surface area contributed by atoms with Gasteiger partial charge in [-0.25, -0.2) is 14.8 Å². The van der Waals surface area contributed by atoms with E-state index in [0.717, 1.165) is 18.1 Å². The van der Waals surface area contributed by atoms with Crippen molar-refractivity contribution in [2.45, 2.75) is 13.8 Å². The highest BCUT2D eigenvalue weighted by Crippen LogP contribution is 2.26. The van der Waals surface area contributed by atoms with Gasteiger partial charge in [0.1, 0.15) is 18.0 Å². The molecular formula is C21H22N4O2. The molecule has 138 valence electrons. The van der Waals surface area contributed by atoms with Crippen LogP contribution in [0.4, 0.5) is 23.0 Å². The Morgan fingerprint density at radius 2 is 1.78 bits per heavy atom. The third-order valence-electron chi connectivity index (χ3n) is 4.00. The molecule has 0 radical (unpaired) electrons. The number of ether oxygens (including phenoxy) is 1. The molecule has 6 heteroatoms. The van der Waals surface area contributed by atoms with Gasteiger partial charge in [0.2, 0.25) is 0 Å². The molecule has 0 unspecified atom stereocenters. The average Bonchev–Trinajstić information content (AvgIpc) is 2.70. The van der Waals surface area contributed by atoms with Gasteiger partial charge in [0.15, 0.2) is 0 Å². The van der Waals surface area contributed by atoms with Gasteiger partial charge in [0.05, 0.1) is 17.9 Å². The summed E-state index contributed by atoms with van der Waals surface area (Å²) in [4.78, 5) is 22.9. The lowest BCUT2D eigenvalue weighted by Gasteiger charge is -2.22. The van der Waals surface area contributed by atoms with Crippen molar-refractivity contribution >= 4 is 29.0 Å². The van der Waals surface area contributed by atoms with Crippen molar-refractivity contribution in [1.82, 2.24) is 9.97 Å². The second-order valence-electron chi connectivity index (χ2n) is 5.73. The Morgan fingerprint density at radius 3 is 2.52 bits per heavy atom. The number of nitrogens with zero attached hydrogens (tertiary/aromatic N) is 3. The third kappa shape index (κ3) is 4.41. The Bertz CT molecular complexity index is 899. The molecule has 0 saturated heterocycles. The van der Waals surface area contributed by atoms with Gasteiger partial charge in [-0.3, -0.25) is 0 Å². The number of esters is 1. The molecule has 2 aromatic carbocycles. The first-order valence-electron chi connectivity index (χ1n) is 8.90. The first-order valence-corrected chi connectivity index (χ1v) is 8.90. The highest BCUT2D eigenvalue weighted by molar-refractivity contribution is 5.96. The molecule has 0 aliphatic rings. The van der Waals surface area contributed by atoms with Crippen LogP contribution in [0.1, 0.15) is 24.2 Å². The SMILES string of the molecule is CCOC(=O)c1ccccc1Nc1cc(N(CC)c2ccccc2)ncn1. The molecule has 0 spiro atoms. The van der Waals surface area contributed by atoms with Crippen molar-refractivity contribution in [3.8, 4) is 0 Å². The van der Waals surface area contributed by atoms with Crippen LogP contribution in [0.5, 0.6) is 0 Å². The third-order valence-corrected chi connectivity index (χ3v) is 4.00. The van der Waals surface area contributed by atoms with Crippen LogP contribution in [0.2, 0.25) is 0 Å². The smallest absolute Gasteiger partial charge is 0.340 e. The summed E-state index contributed by atoms with van der Waals surface area (Å²) in [6.07, 6.45) is 1.51. The van der Waals surface area contributed by atoms with E-state index in [1.807, 2.05) is 48.5 Å². The monoisotopic (exact) mass is 362 g/mol. The van der Waals surface area contributed by atoms with E-state index in [9.17, 15) is 4.79 Å². The minimum atomic E-state index is -0.366. The Hall–Kier alpha value is -3.41. The molecule has 0 bridgehead atoms. The van der Waals surface area contributed by atoms with E-state index in [-0.39, 0.29) is 5.97 Å². The van der Waals surface area contributed by atoms with Gasteiger partial charge >= 0.3 is 5.97 Å². The van der Waals surface area contributed by atoms with Gasteiger partial charge in [-0.2, -0.15) is 0 Å². The summed E-state index contributed by atoms with van der Waals surface area (Å²) in [6.45, 7) is 4.94. The predicted molar refractivity (Wildman–Crippen MR) is 107 cm³/mol. The summed E-state index contributed by atoms with van der Waals surface area (Å²) >= 11 is 0. The molecule has 3 rings (SSSR count). The lowest BCUT2D eigenvalue weighted by Crippen LogP contribution is -2.17. The van der Waals surface area contributed by atoms with E-state index < -0.39 is 0 Å². The van der Waals surface area contributed by atoms with Crippen LogP contribution in [0, 0.1) is 0 Å². The summed E-state index contributed by atoms with van der Waals surface area (Å²) in [7, 11) is 0. The molecule has 0 atom stereocenters. The summed E-state index contributed by atoms with van der Waals surface area (Å²) < 4.78 is 5.12. The predicted octanol–water partition coefficient (Wildman–Crippen LogP) is 4.55. The molecular weight excluding hydrogens is 340 g/mol. The number of benzene rings is 2. The fraction of sp³-hybridized carbons (Fsp3) is 0.190. The van der Waals surface area contributed by atoms with Gasteiger partial charge in [0.25, 0.3) is 0 Å². The summed E-state index contributed by atoms with van der Waals surface area (Å²) in [5.74, 6) is 1.01. The lowest BCUT2D eigenvalue weighted by atomic mass is 10.2. The maximum atomic E-state index is 12.2. The molecule has 0 fully saturated rings. The van der Waals surface area contributed by atoms with Crippen LogP contribution < -0.4 is 10.2 Å². The van der Waals surface area contributed by atoms with E-state index in [1.54, 1.807) is 19.1 Å². The Balaban J connectivity index is 1.88. The maximum Gasteiger partial charge on any atom is 0.340 e. The van der Waals surface area contributed by atoms with Crippen molar-refractivity contribution in [1.29, 1.82) is 0 Å². The van der Waals surface area contributed by atoms with Crippen molar-refractivity contribution in [2.24, 2.45) is 0 Å². The summed E-state index contributed by atoms with van der Waals surface area (Å²) in [6, 6.07) is 19.1. The minimum Gasteiger partial charge on any atom is -0.462 e. The zero-order valence-electron chi connectivity index (χ0n) is 15.4. The second-order valence-corrected chi connectivity index (χ2v) is 5.73. The number of rotatable bonds is 7. The van der Waals surface area contributed by atoms with Gasteiger partial charge in [-0.05, 0) is 38.1 Å². The standard InChI is InChI=1S/C21H22N4O2/c1-3-25(16-10-6-5-7-11-16)20-14-19(22-15-23-20)24-18-13-9-8-12-17(18)21(26)27-4-2/h5-15H,3-4H2,1-2H3,(H,22,23,24). The van der Waals surface area contributed by atoms with E-state index in [4.69, 9.17) is 4.74 Å². The Labute approximate surface area is 158 Å². The quantitative estimate of drug-likeness (QED) is 0.622. The number of anilines is 4. The largest absolute Gasteiger partial charge is 0.462 e. The number of nitrogens with one attached hydrogen (secondary N) is 1. The number of aromatic nitrogens is 2. The van der Waals surface area contributed by atoms with Crippen molar-refractivity contribution < 1.29 is 9.53 Å². The van der Waals surface area contributed by atoms with Crippen LogP contribution >= 0.6 is 0 Å². The fourth-order valence-corrected chi connectivity index (χ4v) is 2.76. The Kier molecular flexibility index (Phi) is 5.99. The lowest BCUT2D eigenvalue weighted by molar-refractivity contribution is 0.0527. The normalized spacial score (nSPS) is 10.3. The zero-order valence-corrected chi connectivity index (χ0v) is 15.4. The van der Waals surface area contributed by atoms with Crippen molar-refractivity contribution in [3.05, 3.63) is 72.6 Å². The van der Waals surface area contributed by atoms with Gasteiger partial charge in [-0.1, -0.05) is 30.3 Å². The van der Waals surface area contributed by atoms with E-state index in [0.29, 0.717) is 23.7 Å². The molecule has 0 saturated carbocycles. The molecule has 1 heterocycles. The average molecular weight is 362 g/mol. The van der Waals surface area contributed by atoms with Crippen LogP contribution in [-0.4, -0.2) is 29.1 Å². The summed E-state index contributed by atoms with van der Waals surface area (Å²) in [5.41, 5.74) is 2.16. The van der Waals surface area contributed by atoms with Crippen molar-refractivity contribution in [2.75, 3.05) is 23.4 Å². The van der Waals surface area contributed by atoms with E-state index in [2.05, 4.69) is 27.1 Å². The highest BCUT2D eigenvalue weighted by Gasteiger charge is 2.14. The topological polar surface area (TPSA) is 67.3 Å². The zero-order chi connectivity index (χ0) is 19.1. The van der Waals surface area contributed by atoms with Crippen LogP contribution in [0.3, 0.4) is 0 Å². The number of carbonyl (C=O) groups excluding carboxylic acids is 1. The number of hydrogen-bond donors (Lipinski definition) is 1.